The molecule has 0 unspecified atom stereocenters. The number of carbonyl (C=O) groups excluding carboxylic acids is 1. The van der Waals surface area contributed by atoms with E-state index in [2.05, 4.69) is 10.3 Å². The fourth-order valence-electron chi connectivity index (χ4n) is 2.74. The molecule has 3 nitrogen and oxygen atoms in total. The summed E-state index contributed by atoms with van der Waals surface area (Å²) in [7, 11) is 0. The molecule has 0 saturated carbocycles. The summed E-state index contributed by atoms with van der Waals surface area (Å²) in [6.45, 7) is 2.39. The first-order valence-corrected chi connectivity index (χ1v) is 7.98. The number of halogens is 1. The summed E-state index contributed by atoms with van der Waals surface area (Å²) in [6.07, 6.45) is 2.55. The molecule has 0 bridgehead atoms. The van der Waals surface area contributed by atoms with Crippen molar-refractivity contribution in [2.75, 3.05) is 6.54 Å². The second kappa shape index (κ2) is 7.01. The maximum Gasteiger partial charge on any atom is 0.141 e. The van der Waals surface area contributed by atoms with E-state index in [1.54, 1.807) is 6.20 Å². The van der Waals surface area contributed by atoms with Gasteiger partial charge in [-0.1, -0.05) is 30.3 Å². The minimum absolute atomic E-state index is 0.0588. The van der Waals surface area contributed by atoms with Crippen LogP contribution in [-0.4, -0.2) is 29.5 Å². The molecule has 2 heterocycles. The highest BCUT2D eigenvalue weighted by Crippen LogP contribution is 2.16. The van der Waals surface area contributed by atoms with Crippen molar-refractivity contribution in [1.29, 1.82) is 0 Å². The van der Waals surface area contributed by atoms with Crippen LogP contribution in [0.15, 0.2) is 42.6 Å². The minimum atomic E-state index is -0.737. The van der Waals surface area contributed by atoms with Crippen molar-refractivity contribution in [3.63, 3.8) is 0 Å². The van der Waals surface area contributed by atoms with Crippen LogP contribution in [0.1, 0.15) is 22.4 Å². The lowest BCUT2D eigenvalue weighted by Crippen LogP contribution is -2.55. The molecular weight excluding hydrogens is 291 g/mol. The quantitative estimate of drug-likeness (QED) is 0.891. The molecule has 1 aromatic heterocycles. The molecule has 4 heteroatoms. The highest BCUT2D eigenvalue weighted by molar-refractivity contribution is 5.83. The number of aryl methyl sites for hydroxylation is 1. The van der Waals surface area contributed by atoms with Gasteiger partial charge in [0.15, 0.2) is 0 Å². The second-order valence-corrected chi connectivity index (χ2v) is 6.25. The first kappa shape index (κ1) is 15.8. The summed E-state index contributed by atoms with van der Waals surface area (Å²) >= 11 is 0. The Labute approximate surface area is 135 Å². The maximum absolute atomic E-state index is 13.2. The lowest BCUT2D eigenvalue weighted by atomic mass is 9.95. The van der Waals surface area contributed by atoms with Crippen molar-refractivity contribution in [3.8, 4) is 0 Å². The van der Waals surface area contributed by atoms with Crippen molar-refractivity contribution >= 4 is 5.78 Å². The number of hydrogen-bond donors (Lipinski definition) is 1. The monoisotopic (exact) mass is 312 g/mol. The average molecular weight is 312 g/mol. The fraction of sp³-hybridized carbons (Fsp3) is 0.368. The smallest absolute Gasteiger partial charge is 0.141 e. The third-order valence-electron chi connectivity index (χ3n) is 4.27. The van der Waals surface area contributed by atoms with Crippen LogP contribution < -0.4 is 5.32 Å². The number of pyridine rings is 1. The van der Waals surface area contributed by atoms with Crippen LogP contribution in [-0.2, 0) is 24.1 Å². The van der Waals surface area contributed by atoms with Crippen molar-refractivity contribution in [3.05, 3.63) is 65.0 Å². The number of benzene rings is 1. The summed E-state index contributed by atoms with van der Waals surface area (Å²) in [5.74, 6) is 0.174. The minimum Gasteiger partial charge on any atom is -0.308 e. The van der Waals surface area contributed by atoms with Gasteiger partial charge < -0.3 is 5.32 Å². The van der Waals surface area contributed by atoms with Crippen molar-refractivity contribution in [2.45, 2.75) is 38.4 Å². The predicted molar refractivity (Wildman–Crippen MR) is 88.2 cm³/mol. The van der Waals surface area contributed by atoms with E-state index >= 15 is 0 Å². The van der Waals surface area contributed by atoms with E-state index < -0.39 is 6.17 Å². The van der Waals surface area contributed by atoms with Gasteiger partial charge in [0.25, 0.3) is 0 Å². The van der Waals surface area contributed by atoms with Crippen LogP contribution in [0, 0.1) is 6.92 Å². The molecule has 1 fully saturated rings. The Kier molecular flexibility index (Phi) is 4.82. The molecule has 120 valence electrons. The highest BCUT2D eigenvalue weighted by atomic mass is 19.1. The van der Waals surface area contributed by atoms with Gasteiger partial charge >= 0.3 is 0 Å². The zero-order chi connectivity index (χ0) is 16.2. The molecule has 1 N–H and O–H groups in total. The normalized spacial score (nSPS) is 20.1. The van der Waals surface area contributed by atoms with Gasteiger partial charge in [0.1, 0.15) is 12.0 Å². The average Bonchev–Trinajstić information content (AvgIpc) is 2.55. The number of nitrogens with one attached hydrogen (secondary N) is 1. The van der Waals surface area contributed by atoms with Gasteiger partial charge in [0.05, 0.1) is 0 Å². The van der Waals surface area contributed by atoms with Gasteiger partial charge in [0, 0.05) is 37.3 Å². The molecule has 1 saturated heterocycles. The Hall–Kier alpha value is -2.07. The summed E-state index contributed by atoms with van der Waals surface area (Å²) < 4.78 is 13.2. The van der Waals surface area contributed by atoms with Crippen molar-refractivity contribution in [1.82, 2.24) is 10.3 Å². The molecule has 0 amide bonds. The molecule has 0 spiro atoms. The van der Waals surface area contributed by atoms with E-state index in [9.17, 15) is 9.18 Å². The van der Waals surface area contributed by atoms with Gasteiger partial charge in [-0.15, -0.1) is 0 Å². The Bertz CT molecular complexity index is 667. The molecule has 0 radical (unpaired) electrons. The summed E-state index contributed by atoms with van der Waals surface area (Å²) in [4.78, 5) is 16.3. The zero-order valence-electron chi connectivity index (χ0n) is 13.3. The van der Waals surface area contributed by atoms with Gasteiger partial charge in [-0.05, 0) is 36.1 Å². The SMILES string of the molecule is Cc1ccc(CC(=O)Cc2ccc(C[C@@H]3NC[C@@H]3F)cc2)cn1. The fourth-order valence-corrected chi connectivity index (χ4v) is 2.74. The van der Waals surface area contributed by atoms with Crippen LogP contribution in [0.4, 0.5) is 4.39 Å². The standard InChI is InChI=1S/C19H21FN2O/c1-13-2-3-16(11-21-13)9-17(23)8-14-4-6-15(7-5-14)10-19-18(20)12-22-19/h2-7,11,18-19,22H,8-10,12H2,1H3/t18-,19-/m0/s1. The van der Waals surface area contributed by atoms with Gasteiger partial charge in [-0.25, -0.2) is 4.39 Å². The van der Waals surface area contributed by atoms with Crippen LogP contribution in [0.2, 0.25) is 0 Å². The number of rotatable bonds is 6. The van der Waals surface area contributed by atoms with E-state index in [0.717, 1.165) is 22.4 Å². The molecule has 23 heavy (non-hydrogen) atoms. The Morgan fingerprint density at radius 3 is 2.35 bits per heavy atom. The molecule has 2 aromatic rings. The predicted octanol–water partition coefficient (Wildman–Crippen LogP) is 2.60. The van der Waals surface area contributed by atoms with E-state index in [4.69, 9.17) is 0 Å². The highest BCUT2D eigenvalue weighted by Gasteiger charge is 2.29. The lowest BCUT2D eigenvalue weighted by Gasteiger charge is -2.32. The van der Waals surface area contributed by atoms with Crippen LogP contribution in [0.3, 0.4) is 0 Å². The number of hydrogen-bond acceptors (Lipinski definition) is 3. The van der Waals surface area contributed by atoms with Gasteiger partial charge in [-0.3, -0.25) is 9.78 Å². The van der Waals surface area contributed by atoms with Crippen LogP contribution in [0.5, 0.6) is 0 Å². The van der Waals surface area contributed by atoms with E-state index in [0.29, 0.717) is 25.8 Å². The Balaban J connectivity index is 1.53. The summed E-state index contributed by atoms with van der Waals surface area (Å²) in [6, 6.07) is 11.7. The lowest BCUT2D eigenvalue weighted by molar-refractivity contribution is -0.117. The van der Waals surface area contributed by atoms with Crippen molar-refractivity contribution < 1.29 is 9.18 Å². The molecule has 1 aromatic carbocycles. The van der Waals surface area contributed by atoms with Gasteiger partial charge in [-0.2, -0.15) is 0 Å². The largest absolute Gasteiger partial charge is 0.308 e. The summed E-state index contributed by atoms with van der Waals surface area (Å²) in [5, 5.41) is 3.09. The summed E-state index contributed by atoms with van der Waals surface area (Å²) in [5.41, 5.74) is 4.00. The molecule has 2 atom stereocenters. The number of alkyl halides is 1. The Morgan fingerprint density at radius 2 is 1.78 bits per heavy atom. The van der Waals surface area contributed by atoms with Crippen molar-refractivity contribution in [2.24, 2.45) is 0 Å². The molecule has 3 rings (SSSR count). The van der Waals surface area contributed by atoms with E-state index in [-0.39, 0.29) is 11.8 Å². The van der Waals surface area contributed by atoms with Gasteiger partial charge in [0.2, 0.25) is 0 Å². The zero-order valence-corrected chi connectivity index (χ0v) is 13.3. The molecule has 0 aliphatic carbocycles. The first-order valence-electron chi connectivity index (χ1n) is 7.98. The number of carbonyl (C=O) groups is 1. The first-order chi connectivity index (χ1) is 11.1. The number of ketones is 1. The maximum atomic E-state index is 13.2. The van der Waals surface area contributed by atoms with Crippen LogP contribution in [0.25, 0.3) is 0 Å². The molecule has 1 aliphatic heterocycles. The topological polar surface area (TPSA) is 42.0 Å². The number of aromatic nitrogens is 1. The van der Waals surface area contributed by atoms with E-state index in [1.807, 2.05) is 43.3 Å². The van der Waals surface area contributed by atoms with E-state index in [1.165, 1.54) is 0 Å². The third kappa shape index (κ3) is 4.23. The van der Waals surface area contributed by atoms with Crippen LogP contribution >= 0.6 is 0 Å². The Morgan fingerprint density at radius 1 is 1.13 bits per heavy atom. The second-order valence-electron chi connectivity index (χ2n) is 6.25. The molecule has 1 aliphatic rings. The molecular formula is C19H21FN2O. The third-order valence-corrected chi connectivity index (χ3v) is 4.27. The number of nitrogens with zero attached hydrogens (tertiary/aromatic N) is 1. The number of Topliss-reactive ketones (excluding diaryl/α,β-unsaturated/α-hetero) is 1.